The lowest BCUT2D eigenvalue weighted by Gasteiger charge is -2.28. The van der Waals surface area contributed by atoms with Gasteiger partial charge >= 0.3 is 0 Å². The Bertz CT molecular complexity index is 857. The second-order valence-corrected chi connectivity index (χ2v) is 8.92. The van der Waals surface area contributed by atoms with Crippen molar-refractivity contribution in [1.29, 1.82) is 0 Å². The van der Waals surface area contributed by atoms with Gasteiger partial charge in [0.1, 0.15) is 11.8 Å². The number of nitrogens with one attached hydrogen (secondary N) is 1. The van der Waals surface area contributed by atoms with E-state index < -0.39 is 16.1 Å². The third-order valence-corrected chi connectivity index (χ3v) is 6.06. The zero-order valence-electron chi connectivity index (χ0n) is 15.6. The summed E-state index contributed by atoms with van der Waals surface area (Å²) in [5, 5.41) is 2.81. The van der Waals surface area contributed by atoms with Gasteiger partial charge in [0.2, 0.25) is 15.9 Å². The molecule has 2 rings (SSSR count). The zero-order chi connectivity index (χ0) is 19.9. The smallest absolute Gasteiger partial charge is 0.243 e. The SMILES string of the molecule is COc1cccc(N(C(C)C(=O)NCCSc2ccccc2)S(C)(=O)=O)c1. The van der Waals surface area contributed by atoms with Crippen LogP contribution in [0.5, 0.6) is 5.75 Å². The van der Waals surface area contributed by atoms with Gasteiger partial charge in [0, 0.05) is 23.3 Å². The van der Waals surface area contributed by atoms with Gasteiger partial charge in [-0.05, 0) is 31.2 Å². The Morgan fingerprint density at radius 1 is 1.19 bits per heavy atom. The maximum absolute atomic E-state index is 12.5. The molecule has 2 aromatic carbocycles. The third kappa shape index (κ3) is 6.18. The Morgan fingerprint density at radius 3 is 2.52 bits per heavy atom. The first-order valence-electron chi connectivity index (χ1n) is 8.42. The number of amides is 1. The molecule has 0 saturated carbocycles. The molecule has 0 fully saturated rings. The van der Waals surface area contributed by atoms with Crippen molar-refractivity contribution in [3.05, 3.63) is 54.6 Å². The van der Waals surface area contributed by atoms with Crippen molar-refractivity contribution in [3.63, 3.8) is 0 Å². The maximum atomic E-state index is 12.5. The minimum absolute atomic E-state index is 0.350. The molecule has 0 aromatic heterocycles. The molecular formula is C19H24N2O4S2. The molecule has 2 aromatic rings. The molecule has 0 radical (unpaired) electrons. The van der Waals surface area contributed by atoms with E-state index in [1.165, 1.54) is 7.11 Å². The molecule has 0 saturated heterocycles. The molecule has 1 amide bonds. The van der Waals surface area contributed by atoms with Gasteiger partial charge in [-0.25, -0.2) is 8.42 Å². The number of rotatable bonds is 9. The molecular weight excluding hydrogens is 384 g/mol. The van der Waals surface area contributed by atoms with Gasteiger partial charge in [0.25, 0.3) is 0 Å². The fourth-order valence-electron chi connectivity index (χ4n) is 2.56. The number of thioether (sulfide) groups is 1. The number of carbonyl (C=O) groups is 1. The predicted molar refractivity (Wildman–Crippen MR) is 110 cm³/mol. The number of hydrogen-bond acceptors (Lipinski definition) is 5. The van der Waals surface area contributed by atoms with Gasteiger partial charge in [-0.1, -0.05) is 24.3 Å². The number of methoxy groups -OCH3 is 1. The van der Waals surface area contributed by atoms with E-state index in [1.807, 2.05) is 30.3 Å². The van der Waals surface area contributed by atoms with Crippen molar-refractivity contribution in [2.45, 2.75) is 17.9 Å². The predicted octanol–water partition coefficient (Wildman–Crippen LogP) is 2.76. The number of benzene rings is 2. The molecule has 0 aliphatic rings. The Hall–Kier alpha value is -2.19. The standard InChI is InChI=1S/C19H24N2O4S2/c1-15(19(22)20-12-13-26-18-10-5-4-6-11-18)21(27(3,23)24)16-8-7-9-17(14-16)25-2/h4-11,14-15H,12-13H2,1-3H3,(H,20,22). The van der Waals surface area contributed by atoms with Crippen molar-refractivity contribution in [2.24, 2.45) is 0 Å². The lowest BCUT2D eigenvalue weighted by atomic mass is 10.2. The van der Waals surface area contributed by atoms with E-state index in [-0.39, 0.29) is 5.91 Å². The van der Waals surface area contributed by atoms with Crippen molar-refractivity contribution in [2.75, 3.05) is 30.0 Å². The van der Waals surface area contributed by atoms with E-state index in [4.69, 9.17) is 4.74 Å². The van der Waals surface area contributed by atoms with Gasteiger partial charge in [0.15, 0.2) is 0 Å². The summed E-state index contributed by atoms with van der Waals surface area (Å²) >= 11 is 1.63. The van der Waals surface area contributed by atoms with Gasteiger partial charge in [-0.3, -0.25) is 9.10 Å². The topological polar surface area (TPSA) is 75.7 Å². The first-order chi connectivity index (χ1) is 12.8. The largest absolute Gasteiger partial charge is 0.497 e. The van der Waals surface area contributed by atoms with Crippen LogP contribution in [0.1, 0.15) is 6.92 Å². The Balaban J connectivity index is 2.02. The van der Waals surface area contributed by atoms with E-state index in [2.05, 4.69) is 5.32 Å². The van der Waals surface area contributed by atoms with Crippen LogP contribution in [-0.4, -0.2) is 46.0 Å². The highest BCUT2D eigenvalue weighted by Crippen LogP contribution is 2.25. The number of carbonyl (C=O) groups excluding carboxylic acids is 1. The summed E-state index contributed by atoms with van der Waals surface area (Å²) in [4.78, 5) is 13.6. The summed E-state index contributed by atoms with van der Waals surface area (Å²) < 4.78 is 30.8. The van der Waals surface area contributed by atoms with Crippen LogP contribution in [0.2, 0.25) is 0 Å². The summed E-state index contributed by atoms with van der Waals surface area (Å²) in [5.74, 6) is 0.866. The fraction of sp³-hybridized carbons (Fsp3) is 0.316. The number of anilines is 1. The summed E-state index contributed by atoms with van der Waals surface area (Å²) in [7, 11) is -2.14. The Kier molecular flexibility index (Phi) is 7.55. The third-order valence-electron chi connectivity index (χ3n) is 3.81. The van der Waals surface area contributed by atoms with Gasteiger partial charge < -0.3 is 10.1 Å². The van der Waals surface area contributed by atoms with Gasteiger partial charge in [-0.2, -0.15) is 0 Å². The highest BCUT2D eigenvalue weighted by Gasteiger charge is 2.29. The van der Waals surface area contributed by atoms with Crippen LogP contribution in [0.3, 0.4) is 0 Å². The maximum Gasteiger partial charge on any atom is 0.243 e. The van der Waals surface area contributed by atoms with E-state index in [9.17, 15) is 13.2 Å². The summed E-state index contributed by atoms with van der Waals surface area (Å²) in [6.07, 6.45) is 1.08. The molecule has 8 heteroatoms. The Morgan fingerprint density at radius 2 is 1.89 bits per heavy atom. The second kappa shape index (κ2) is 9.66. The minimum atomic E-state index is -3.65. The molecule has 0 bridgehead atoms. The summed E-state index contributed by atoms with van der Waals surface area (Å²) in [6.45, 7) is 2.01. The molecule has 0 aliphatic heterocycles. The molecule has 0 aliphatic carbocycles. The first kappa shape index (κ1) is 21.1. The van der Waals surface area contributed by atoms with Crippen LogP contribution < -0.4 is 14.4 Å². The molecule has 0 heterocycles. The van der Waals surface area contributed by atoms with Crippen LogP contribution in [0.15, 0.2) is 59.5 Å². The lowest BCUT2D eigenvalue weighted by molar-refractivity contribution is -0.121. The van der Waals surface area contributed by atoms with Crippen LogP contribution in [0.25, 0.3) is 0 Å². The van der Waals surface area contributed by atoms with Gasteiger partial charge in [0.05, 0.1) is 19.1 Å². The number of ether oxygens (including phenoxy) is 1. The van der Waals surface area contributed by atoms with Crippen LogP contribution in [0, 0.1) is 0 Å². The van der Waals surface area contributed by atoms with Crippen molar-refractivity contribution in [1.82, 2.24) is 5.32 Å². The molecule has 1 atom stereocenters. The summed E-state index contributed by atoms with van der Waals surface area (Å²) in [6, 6.07) is 15.6. The van der Waals surface area contributed by atoms with Crippen LogP contribution in [-0.2, 0) is 14.8 Å². The van der Waals surface area contributed by atoms with Crippen LogP contribution in [0.4, 0.5) is 5.69 Å². The minimum Gasteiger partial charge on any atom is -0.497 e. The number of hydrogen-bond donors (Lipinski definition) is 1. The van der Waals surface area contributed by atoms with E-state index in [0.29, 0.717) is 23.7 Å². The van der Waals surface area contributed by atoms with E-state index in [0.717, 1.165) is 15.5 Å². The van der Waals surface area contributed by atoms with E-state index >= 15 is 0 Å². The molecule has 6 nitrogen and oxygen atoms in total. The average Bonchev–Trinajstić information content (AvgIpc) is 2.65. The molecule has 0 spiro atoms. The number of nitrogens with zero attached hydrogens (tertiary/aromatic N) is 1. The van der Waals surface area contributed by atoms with Gasteiger partial charge in [-0.15, -0.1) is 11.8 Å². The summed E-state index contributed by atoms with van der Waals surface area (Å²) in [5.41, 5.74) is 0.387. The van der Waals surface area contributed by atoms with Crippen LogP contribution >= 0.6 is 11.8 Å². The number of sulfonamides is 1. The molecule has 27 heavy (non-hydrogen) atoms. The lowest BCUT2D eigenvalue weighted by Crippen LogP contribution is -2.48. The van der Waals surface area contributed by atoms with Crippen molar-refractivity contribution in [3.8, 4) is 5.75 Å². The fourth-order valence-corrected chi connectivity index (χ4v) is 4.52. The molecule has 1 N–H and O–H groups in total. The molecule has 1 unspecified atom stereocenters. The van der Waals surface area contributed by atoms with E-state index in [1.54, 1.807) is 43.0 Å². The average molecular weight is 409 g/mol. The zero-order valence-corrected chi connectivity index (χ0v) is 17.2. The second-order valence-electron chi connectivity index (χ2n) is 5.89. The first-order valence-corrected chi connectivity index (χ1v) is 11.3. The molecule has 146 valence electrons. The quantitative estimate of drug-likeness (QED) is 0.510. The highest BCUT2D eigenvalue weighted by molar-refractivity contribution is 7.99. The van der Waals surface area contributed by atoms with Crippen molar-refractivity contribution >= 4 is 33.4 Å². The highest BCUT2D eigenvalue weighted by atomic mass is 32.2. The van der Waals surface area contributed by atoms with Crippen molar-refractivity contribution < 1.29 is 17.9 Å². The Labute approximate surface area is 165 Å². The monoisotopic (exact) mass is 408 g/mol. The normalized spacial score (nSPS) is 12.3.